The van der Waals surface area contributed by atoms with Crippen LogP contribution in [0.3, 0.4) is 0 Å². The average molecular weight is 400 g/mol. The van der Waals surface area contributed by atoms with Crippen molar-refractivity contribution in [3.8, 4) is 22.8 Å². The van der Waals surface area contributed by atoms with Crippen molar-refractivity contribution in [1.29, 1.82) is 0 Å². The van der Waals surface area contributed by atoms with Crippen molar-refractivity contribution in [2.75, 3.05) is 20.2 Å². The summed E-state index contributed by atoms with van der Waals surface area (Å²) in [5.41, 5.74) is 1.71. The highest BCUT2D eigenvalue weighted by atomic mass is 32.2. The Balaban J connectivity index is 1.53. The molecule has 8 heteroatoms. The molecule has 0 saturated carbocycles. The minimum atomic E-state index is -3.73. The van der Waals surface area contributed by atoms with Gasteiger partial charge in [0.2, 0.25) is 10.0 Å². The van der Waals surface area contributed by atoms with Crippen molar-refractivity contribution in [3.05, 3.63) is 60.3 Å². The zero-order chi connectivity index (χ0) is 19.7. The summed E-state index contributed by atoms with van der Waals surface area (Å²) in [4.78, 5) is 0.0953. The topological polar surface area (TPSA) is 81.9 Å². The van der Waals surface area contributed by atoms with Crippen LogP contribution in [-0.2, 0) is 10.0 Å². The molecule has 1 fully saturated rings. The molecule has 1 aliphatic rings. The largest absolute Gasteiger partial charge is 0.495 e. The number of aryl methyl sites for hydroxylation is 1. The van der Waals surface area contributed by atoms with Crippen LogP contribution >= 0.6 is 0 Å². The van der Waals surface area contributed by atoms with Crippen molar-refractivity contribution in [2.45, 2.75) is 17.9 Å². The highest BCUT2D eigenvalue weighted by Gasteiger charge is 2.39. The van der Waals surface area contributed by atoms with E-state index in [0.717, 1.165) is 11.3 Å². The van der Waals surface area contributed by atoms with E-state index in [-0.39, 0.29) is 29.8 Å². The van der Waals surface area contributed by atoms with Crippen LogP contribution in [0.15, 0.2) is 64.1 Å². The zero-order valence-electron chi connectivity index (χ0n) is 15.5. The summed E-state index contributed by atoms with van der Waals surface area (Å²) in [6, 6.07) is 14.3. The first-order valence-electron chi connectivity index (χ1n) is 8.80. The number of benzene rings is 2. The normalized spacial score (nSPS) is 15.2. The van der Waals surface area contributed by atoms with Gasteiger partial charge in [0.1, 0.15) is 22.5 Å². The van der Waals surface area contributed by atoms with Crippen LogP contribution in [0.5, 0.6) is 11.5 Å². The van der Waals surface area contributed by atoms with E-state index < -0.39 is 10.0 Å². The van der Waals surface area contributed by atoms with Crippen LogP contribution in [0.4, 0.5) is 0 Å². The maximum Gasteiger partial charge on any atom is 0.247 e. The third kappa shape index (κ3) is 3.48. The highest BCUT2D eigenvalue weighted by molar-refractivity contribution is 7.89. The van der Waals surface area contributed by atoms with E-state index >= 15 is 0 Å². The van der Waals surface area contributed by atoms with Gasteiger partial charge in [-0.1, -0.05) is 17.3 Å². The Morgan fingerprint density at radius 1 is 1.14 bits per heavy atom. The number of hydrogen-bond donors (Lipinski definition) is 0. The summed E-state index contributed by atoms with van der Waals surface area (Å²) >= 11 is 0. The number of sulfonamides is 1. The third-order valence-corrected chi connectivity index (χ3v) is 6.46. The Kier molecular flexibility index (Phi) is 4.82. The van der Waals surface area contributed by atoms with Crippen molar-refractivity contribution in [2.24, 2.45) is 0 Å². The van der Waals surface area contributed by atoms with Crippen molar-refractivity contribution in [1.82, 2.24) is 9.46 Å². The maximum absolute atomic E-state index is 13.1. The summed E-state index contributed by atoms with van der Waals surface area (Å²) in [5, 5.41) is 3.67. The first-order chi connectivity index (χ1) is 13.5. The fraction of sp³-hybridized carbons (Fsp3) is 0.250. The molecule has 0 radical (unpaired) electrons. The molecule has 28 heavy (non-hydrogen) atoms. The third-order valence-electron chi connectivity index (χ3n) is 4.61. The van der Waals surface area contributed by atoms with Gasteiger partial charge in [0.05, 0.1) is 26.4 Å². The first kappa shape index (κ1) is 18.5. The van der Waals surface area contributed by atoms with Crippen molar-refractivity contribution < 1.29 is 22.4 Å². The molecule has 0 bridgehead atoms. The van der Waals surface area contributed by atoms with Crippen LogP contribution in [-0.4, -0.2) is 44.2 Å². The molecule has 1 aliphatic heterocycles. The minimum Gasteiger partial charge on any atom is -0.495 e. The lowest BCUT2D eigenvalue weighted by atomic mass is 10.2. The van der Waals surface area contributed by atoms with Crippen LogP contribution < -0.4 is 9.47 Å². The second-order valence-corrected chi connectivity index (χ2v) is 8.53. The summed E-state index contributed by atoms with van der Waals surface area (Å²) in [6.45, 7) is 2.55. The van der Waals surface area contributed by atoms with Gasteiger partial charge in [-0.3, -0.25) is 0 Å². The molecule has 0 unspecified atom stereocenters. The number of methoxy groups -OCH3 is 1. The van der Waals surface area contributed by atoms with E-state index in [9.17, 15) is 8.42 Å². The Bertz CT molecular complexity index is 1070. The van der Waals surface area contributed by atoms with E-state index in [0.29, 0.717) is 11.3 Å². The van der Waals surface area contributed by atoms with Crippen LogP contribution in [0, 0.1) is 6.92 Å². The maximum atomic E-state index is 13.1. The van der Waals surface area contributed by atoms with E-state index in [4.69, 9.17) is 14.0 Å². The lowest BCUT2D eigenvalue weighted by Crippen LogP contribution is -2.56. The molecule has 1 saturated heterocycles. The van der Waals surface area contributed by atoms with Crippen LogP contribution in [0.1, 0.15) is 5.56 Å². The number of rotatable bonds is 6. The summed E-state index contributed by atoms with van der Waals surface area (Å²) in [5.74, 6) is 1.52. The lowest BCUT2D eigenvalue weighted by Gasteiger charge is -2.38. The predicted molar refractivity (Wildman–Crippen MR) is 103 cm³/mol. The molecule has 7 nitrogen and oxygen atoms in total. The van der Waals surface area contributed by atoms with Gasteiger partial charge in [-0.15, -0.1) is 0 Å². The van der Waals surface area contributed by atoms with E-state index in [1.165, 1.54) is 17.6 Å². The van der Waals surface area contributed by atoms with Gasteiger partial charge in [0, 0.05) is 11.6 Å². The first-order valence-corrected chi connectivity index (χ1v) is 10.2. The van der Waals surface area contributed by atoms with E-state index in [2.05, 4.69) is 5.16 Å². The second kappa shape index (κ2) is 7.29. The van der Waals surface area contributed by atoms with Gasteiger partial charge in [0.25, 0.3) is 0 Å². The van der Waals surface area contributed by atoms with Crippen LogP contribution in [0.25, 0.3) is 11.3 Å². The molecule has 3 aromatic rings. The minimum absolute atomic E-state index is 0.0953. The Labute approximate surface area is 163 Å². The fourth-order valence-electron chi connectivity index (χ4n) is 3.09. The average Bonchev–Trinajstić information content (AvgIpc) is 3.18. The quantitative estimate of drug-likeness (QED) is 0.632. The van der Waals surface area contributed by atoms with Crippen molar-refractivity contribution in [3.63, 3.8) is 0 Å². The molecule has 146 valence electrons. The Morgan fingerprint density at radius 3 is 2.64 bits per heavy atom. The molecule has 0 atom stereocenters. The summed E-state index contributed by atoms with van der Waals surface area (Å²) in [6.07, 6.45) is 1.33. The van der Waals surface area contributed by atoms with Gasteiger partial charge in [-0.05, 0) is 42.8 Å². The number of ether oxygens (including phenoxy) is 2. The molecule has 0 spiro atoms. The zero-order valence-corrected chi connectivity index (χ0v) is 16.3. The summed E-state index contributed by atoms with van der Waals surface area (Å²) < 4.78 is 43.9. The molecule has 0 amide bonds. The molecule has 0 aliphatic carbocycles. The molecule has 2 heterocycles. The van der Waals surface area contributed by atoms with Gasteiger partial charge in [0.15, 0.2) is 5.76 Å². The fourth-order valence-corrected chi connectivity index (χ4v) is 4.77. The molecular weight excluding hydrogens is 380 g/mol. The smallest absolute Gasteiger partial charge is 0.247 e. The van der Waals surface area contributed by atoms with Gasteiger partial charge in [-0.25, -0.2) is 8.42 Å². The number of hydrogen-bond acceptors (Lipinski definition) is 6. The highest BCUT2D eigenvalue weighted by Crippen LogP contribution is 2.34. The predicted octanol–water partition coefficient (Wildman–Crippen LogP) is 3.11. The van der Waals surface area contributed by atoms with E-state index in [1.807, 2.05) is 31.2 Å². The number of aromatic nitrogens is 1. The molecule has 0 N–H and O–H groups in total. The van der Waals surface area contributed by atoms with Gasteiger partial charge >= 0.3 is 0 Å². The lowest BCUT2D eigenvalue weighted by molar-refractivity contribution is 0.0760. The van der Waals surface area contributed by atoms with E-state index in [1.54, 1.807) is 24.3 Å². The number of nitrogens with zero attached hydrogens (tertiary/aromatic N) is 2. The SMILES string of the molecule is COc1ccc(-c2ccno2)cc1S(=O)(=O)N1CC(Oc2cccc(C)c2)C1. The van der Waals surface area contributed by atoms with Crippen LogP contribution in [0.2, 0.25) is 0 Å². The monoisotopic (exact) mass is 400 g/mol. The Hall–Kier alpha value is -2.84. The van der Waals surface area contributed by atoms with Gasteiger partial charge < -0.3 is 14.0 Å². The standard InChI is InChI=1S/C20H20N2O5S/c1-14-4-3-5-16(10-14)26-17-12-22(13-17)28(23,24)20-11-15(6-7-19(20)25-2)18-8-9-21-27-18/h3-11,17H,12-13H2,1-2H3. The molecule has 4 rings (SSSR count). The second-order valence-electron chi connectivity index (χ2n) is 6.62. The Morgan fingerprint density at radius 2 is 1.96 bits per heavy atom. The van der Waals surface area contributed by atoms with Gasteiger partial charge in [-0.2, -0.15) is 4.31 Å². The summed E-state index contributed by atoms with van der Waals surface area (Å²) in [7, 11) is -2.28. The molecule has 1 aromatic heterocycles. The van der Waals surface area contributed by atoms with Crippen molar-refractivity contribution >= 4 is 10.0 Å². The molecular formula is C20H20N2O5S. The molecule has 2 aromatic carbocycles.